The van der Waals surface area contributed by atoms with Gasteiger partial charge in [-0.05, 0) is 66.2 Å². The predicted octanol–water partition coefficient (Wildman–Crippen LogP) is 3.01. The van der Waals surface area contributed by atoms with Crippen LogP contribution < -0.4 is 10.1 Å². The van der Waals surface area contributed by atoms with E-state index < -0.39 is 0 Å². The third-order valence-electron chi connectivity index (χ3n) is 2.77. The summed E-state index contributed by atoms with van der Waals surface area (Å²) < 4.78 is 7.10. The van der Waals surface area contributed by atoms with E-state index in [1.165, 1.54) is 15.6 Å². The molecule has 0 aliphatic carbocycles. The number of hydrogen-bond acceptors (Lipinski definition) is 2. The normalized spacial score (nSPS) is 19.2. The average Bonchev–Trinajstić information content (AvgIpc) is 2.69. The van der Waals surface area contributed by atoms with Gasteiger partial charge in [0.05, 0.1) is 6.61 Å². The van der Waals surface area contributed by atoms with Crippen LogP contribution in [0.1, 0.15) is 12.0 Å². The Kier molecular flexibility index (Phi) is 5.86. The van der Waals surface area contributed by atoms with Gasteiger partial charge in [0.25, 0.3) is 0 Å². The summed E-state index contributed by atoms with van der Waals surface area (Å²) in [7, 11) is 0. The Morgan fingerprint density at radius 3 is 2.94 bits per heavy atom. The third-order valence-corrected chi connectivity index (χ3v) is 3.44. The zero-order chi connectivity index (χ0) is 10.7. The predicted molar refractivity (Wildman–Crippen MR) is 77.6 cm³/mol. The second kappa shape index (κ2) is 6.67. The fraction of sp³-hybridized carbons (Fsp3) is 0.500. The molecule has 90 valence electrons. The highest BCUT2D eigenvalue weighted by atomic mass is 127. The van der Waals surface area contributed by atoms with Crippen molar-refractivity contribution in [1.82, 2.24) is 5.32 Å². The smallest absolute Gasteiger partial charge is 0.122 e. The van der Waals surface area contributed by atoms with Crippen molar-refractivity contribution in [3.63, 3.8) is 0 Å². The molecule has 0 saturated carbocycles. The Morgan fingerprint density at radius 1 is 1.50 bits per heavy atom. The van der Waals surface area contributed by atoms with Gasteiger partial charge in [-0.15, -0.1) is 12.4 Å². The van der Waals surface area contributed by atoms with Crippen LogP contribution >= 0.6 is 35.0 Å². The van der Waals surface area contributed by atoms with Gasteiger partial charge in [0.15, 0.2) is 0 Å². The highest BCUT2D eigenvalue weighted by Gasteiger charge is 2.15. The monoisotopic (exact) mass is 353 g/mol. The van der Waals surface area contributed by atoms with Crippen molar-refractivity contribution in [1.29, 1.82) is 0 Å². The molecule has 1 saturated heterocycles. The minimum atomic E-state index is 0. The third kappa shape index (κ3) is 3.79. The molecule has 1 heterocycles. The molecule has 1 atom stereocenters. The molecule has 1 fully saturated rings. The summed E-state index contributed by atoms with van der Waals surface area (Å²) in [5.74, 6) is 1.71. The first-order valence-electron chi connectivity index (χ1n) is 5.35. The van der Waals surface area contributed by atoms with Gasteiger partial charge in [-0.3, -0.25) is 0 Å². The molecule has 0 bridgehead atoms. The Hall–Kier alpha value is -0.0000000000000000555. The van der Waals surface area contributed by atoms with Crippen LogP contribution in [-0.4, -0.2) is 19.7 Å². The summed E-state index contributed by atoms with van der Waals surface area (Å²) in [4.78, 5) is 0. The molecule has 4 heteroatoms. The molecular weight excluding hydrogens is 336 g/mol. The van der Waals surface area contributed by atoms with Crippen LogP contribution in [0.5, 0.6) is 5.75 Å². The molecule has 2 nitrogen and oxygen atoms in total. The van der Waals surface area contributed by atoms with Crippen LogP contribution in [0.25, 0.3) is 0 Å². The average molecular weight is 354 g/mol. The number of ether oxygens (including phenoxy) is 1. The molecule has 1 N–H and O–H groups in total. The van der Waals surface area contributed by atoms with E-state index in [4.69, 9.17) is 4.74 Å². The maximum Gasteiger partial charge on any atom is 0.122 e. The maximum absolute atomic E-state index is 5.83. The highest BCUT2D eigenvalue weighted by molar-refractivity contribution is 14.1. The van der Waals surface area contributed by atoms with Crippen LogP contribution in [0.4, 0.5) is 0 Å². The zero-order valence-electron chi connectivity index (χ0n) is 9.33. The van der Waals surface area contributed by atoms with Crippen molar-refractivity contribution < 1.29 is 4.74 Å². The molecule has 0 amide bonds. The number of hydrogen-bond donors (Lipinski definition) is 1. The van der Waals surface area contributed by atoms with Crippen molar-refractivity contribution in [3.05, 3.63) is 27.3 Å². The van der Waals surface area contributed by atoms with Crippen LogP contribution in [0.2, 0.25) is 0 Å². The molecule has 16 heavy (non-hydrogen) atoms. The summed E-state index contributed by atoms with van der Waals surface area (Å²) in [5, 5.41) is 3.35. The summed E-state index contributed by atoms with van der Waals surface area (Å²) in [6.45, 7) is 5.18. The Bertz CT molecular complexity index is 340. The van der Waals surface area contributed by atoms with Crippen molar-refractivity contribution in [2.75, 3.05) is 19.7 Å². The van der Waals surface area contributed by atoms with Crippen molar-refractivity contribution in [3.8, 4) is 5.75 Å². The largest absolute Gasteiger partial charge is 0.493 e. The zero-order valence-corrected chi connectivity index (χ0v) is 12.3. The van der Waals surface area contributed by atoms with Crippen molar-refractivity contribution in [2.45, 2.75) is 13.3 Å². The van der Waals surface area contributed by atoms with Gasteiger partial charge in [0.1, 0.15) is 5.75 Å². The quantitative estimate of drug-likeness (QED) is 0.844. The number of halogens is 2. The first-order valence-corrected chi connectivity index (χ1v) is 6.43. The Balaban J connectivity index is 0.00000128. The van der Waals surface area contributed by atoms with Gasteiger partial charge in [-0.25, -0.2) is 0 Å². The van der Waals surface area contributed by atoms with E-state index in [2.05, 4.69) is 53.0 Å². The first-order chi connectivity index (χ1) is 7.25. The lowest BCUT2D eigenvalue weighted by Crippen LogP contribution is -2.15. The molecule has 1 aromatic carbocycles. The van der Waals surface area contributed by atoms with Gasteiger partial charge >= 0.3 is 0 Å². The van der Waals surface area contributed by atoms with Gasteiger partial charge in [-0.2, -0.15) is 0 Å². The van der Waals surface area contributed by atoms with Crippen LogP contribution in [0, 0.1) is 16.4 Å². The number of rotatable bonds is 3. The minimum absolute atomic E-state index is 0. The van der Waals surface area contributed by atoms with Crippen molar-refractivity contribution in [2.24, 2.45) is 5.92 Å². The molecule has 0 aromatic heterocycles. The van der Waals surface area contributed by atoms with Crippen molar-refractivity contribution >= 4 is 35.0 Å². The lowest BCUT2D eigenvalue weighted by Gasteiger charge is -2.12. The number of aryl methyl sites for hydroxylation is 1. The maximum atomic E-state index is 5.83. The number of benzene rings is 1. The topological polar surface area (TPSA) is 21.3 Å². The lowest BCUT2D eigenvalue weighted by atomic mass is 10.1. The summed E-state index contributed by atoms with van der Waals surface area (Å²) >= 11 is 2.32. The molecule has 0 spiro atoms. The van der Waals surface area contributed by atoms with Gasteiger partial charge in [0, 0.05) is 16.0 Å². The summed E-state index contributed by atoms with van der Waals surface area (Å²) in [5.41, 5.74) is 1.23. The molecule has 1 aliphatic rings. The second-order valence-electron chi connectivity index (χ2n) is 4.08. The van der Waals surface area contributed by atoms with E-state index in [-0.39, 0.29) is 12.4 Å². The first kappa shape index (κ1) is 14.1. The van der Waals surface area contributed by atoms with E-state index in [1.54, 1.807) is 0 Å². The van der Waals surface area contributed by atoms with Crippen LogP contribution in [0.15, 0.2) is 18.2 Å². The molecule has 0 unspecified atom stereocenters. The lowest BCUT2D eigenvalue weighted by molar-refractivity contribution is 0.258. The summed E-state index contributed by atoms with van der Waals surface area (Å²) in [6, 6.07) is 6.32. The fourth-order valence-electron chi connectivity index (χ4n) is 1.84. The molecular formula is C12H17ClINO. The standard InChI is InChI=1S/C12H16INO.ClH/c1-9-6-11(13)2-3-12(9)15-8-10-4-5-14-7-10;/h2-3,6,10,14H,4-5,7-8H2,1H3;1H/t10-;/m0./s1. The SMILES string of the molecule is Cc1cc(I)ccc1OC[C@H]1CCNC1.Cl. The molecule has 1 aromatic rings. The Labute approximate surface area is 117 Å². The minimum Gasteiger partial charge on any atom is -0.493 e. The van der Waals surface area contributed by atoms with E-state index >= 15 is 0 Å². The summed E-state index contributed by atoms with van der Waals surface area (Å²) in [6.07, 6.45) is 1.24. The fourth-order valence-corrected chi connectivity index (χ4v) is 2.49. The molecule has 2 rings (SSSR count). The Morgan fingerprint density at radius 2 is 2.31 bits per heavy atom. The van der Waals surface area contributed by atoms with Gasteiger partial charge in [-0.1, -0.05) is 0 Å². The van der Waals surface area contributed by atoms with Gasteiger partial charge in [0.2, 0.25) is 0 Å². The number of nitrogens with one attached hydrogen (secondary N) is 1. The van der Waals surface area contributed by atoms with E-state index in [0.717, 1.165) is 25.4 Å². The highest BCUT2D eigenvalue weighted by Crippen LogP contribution is 2.21. The van der Waals surface area contributed by atoms with Crippen LogP contribution in [0.3, 0.4) is 0 Å². The molecule has 0 radical (unpaired) electrons. The van der Waals surface area contributed by atoms with E-state index in [1.807, 2.05) is 0 Å². The van der Waals surface area contributed by atoms with E-state index in [9.17, 15) is 0 Å². The molecule has 1 aliphatic heterocycles. The van der Waals surface area contributed by atoms with E-state index in [0.29, 0.717) is 5.92 Å². The second-order valence-corrected chi connectivity index (χ2v) is 5.33. The van der Waals surface area contributed by atoms with Gasteiger partial charge < -0.3 is 10.1 Å². The van der Waals surface area contributed by atoms with Crippen LogP contribution in [-0.2, 0) is 0 Å².